The van der Waals surface area contributed by atoms with Gasteiger partial charge in [-0.2, -0.15) is 0 Å². The van der Waals surface area contributed by atoms with Gasteiger partial charge in [-0.3, -0.25) is 0 Å². The molecule has 1 aromatic carbocycles. The average Bonchev–Trinajstić information content (AvgIpc) is 2.44. The molecule has 106 valence electrons. The third kappa shape index (κ3) is 2.45. The number of rotatable bonds is 2. The van der Waals surface area contributed by atoms with Crippen molar-refractivity contribution in [3.63, 3.8) is 0 Å². The van der Waals surface area contributed by atoms with Gasteiger partial charge in [0.1, 0.15) is 0 Å². The Morgan fingerprint density at radius 1 is 0.737 bits per heavy atom. The van der Waals surface area contributed by atoms with Crippen molar-refractivity contribution in [2.24, 2.45) is 5.92 Å². The van der Waals surface area contributed by atoms with Gasteiger partial charge in [-0.05, 0) is 18.8 Å². The van der Waals surface area contributed by atoms with E-state index < -0.39 is 46.7 Å². The highest BCUT2D eigenvalue weighted by Crippen LogP contribution is 2.37. The standard InChI is InChI=1S/C13H13F5O/c14-8-7(9(15)11(17)12(18)10(8)16)13(19)6-4-2-1-3-5-6/h6,13,19H,1-5H2. The van der Waals surface area contributed by atoms with Crippen LogP contribution in [0.15, 0.2) is 0 Å². The molecule has 1 nitrogen and oxygen atoms in total. The lowest BCUT2D eigenvalue weighted by Gasteiger charge is -2.27. The molecule has 0 bridgehead atoms. The summed E-state index contributed by atoms with van der Waals surface area (Å²) < 4.78 is 66.1. The zero-order valence-corrected chi connectivity index (χ0v) is 10.0. The monoisotopic (exact) mass is 280 g/mol. The lowest BCUT2D eigenvalue weighted by atomic mass is 9.82. The van der Waals surface area contributed by atoms with Gasteiger partial charge in [-0.15, -0.1) is 0 Å². The number of aliphatic hydroxyl groups is 1. The van der Waals surface area contributed by atoms with Gasteiger partial charge in [-0.1, -0.05) is 19.3 Å². The number of hydrogen-bond acceptors (Lipinski definition) is 1. The maximum absolute atomic E-state index is 13.5. The minimum absolute atomic E-state index is 0.470. The summed E-state index contributed by atoms with van der Waals surface area (Å²) in [4.78, 5) is 0. The van der Waals surface area contributed by atoms with Crippen LogP contribution in [0.5, 0.6) is 0 Å². The van der Waals surface area contributed by atoms with Crippen LogP contribution in [0.2, 0.25) is 0 Å². The van der Waals surface area contributed by atoms with E-state index >= 15 is 0 Å². The zero-order valence-electron chi connectivity index (χ0n) is 10.0. The molecule has 6 heteroatoms. The molecule has 0 radical (unpaired) electrons. The Morgan fingerprint density at radius 3 is 1.63 bits per heavy atom. The normalized spacial score (nSPS) is 18.6. The molecule has 1 atom stereocenters. The fourth-order valence-corrected chi connectivity index (χ4v) is 2.57. The van der Waals surface area contributed by atoms with Gasteiger partial charge in [0, 0.05) is 0 Å². The van der Waals surface area contributed by atoms with Crippen molar-refractivity contribution in [1.29, 1.82) is 0 Å². The van der Waals surface area contributed by atoms with Crippen LogP contribution < -0.4 is 0 Å². The fourth-order valence-electron chi connectivity index (χ4n) is 2.57. The van der Waals surface area contributed by atoms with Crippen molar-refractivity contribution < 1.29 is 27.1 Å². The molecule has 1 saturated carbocycles. The second-order valence-electron chi connectivity index (χ2n) is 4.83. The van der Waals surface area contributed by atoms with E-state index in [1.54, 1.807) is 0 Å². The number of halogens is 5. The molecule has 1 N–H and O–H groups in total. The van der Waals surface area contributed by atoms with E-state index in [4.69, 9.17) is 0 Å². The van der Waals surface area contributed by atoms with E-state index in [-0.39, 0.29) is 0 Å². The molecular weight excluding hydrogens is 267 g/mol. The zero-order chi connectivity index (χ0) is 14.2. The Bertz CT molecular complexity index is 453. The topological polar surface area (TPSA) is 20.2 Å². The van der Waals surface area contributed by atoms with Crippen molar-refractivity contribution in [3.05, 3.63) is 34.6 Å². The first-order chi connectivity index (χ1) is 8.95. The molecule has 19 heavy (non-hydrogen) atoms. The van der Waals surface area contributed by atoms with Crippen LogP contribution in [0, 0.1) is 35.0 Å². The molecule has 1 aromatic rings. The van der Waals surface area contributed by atoms with E-state index in [1.165, 1.54) is 0 Å². The highest BCUT2D eigenvalue weighted by molar-refractivity contribution is 5.26. The molecule has 1 aliphatic rings. The predicted octanol–water partition coefficient (Wildman–Crippen LogP) is 4.00. The van der Waals surface area contributed by atoms with Crippen molar-refractivity contribution in [2.45, 2.75) is 38.2 Å². The van der Waals surface area contributed by atoms with Crippen LogP contribution in [0.3, 0.4) is 0 Å². The third-order valence-electron chi connectivity index (χ3n) is 3.64. The Kier molecular flexibility index (Phi) is 4.08. The van der Waals surface area contributed by atoms with Crippen molar-refractivity contribution >= 4 is 0 Å². The molecule has 0 heterocycles. The summed E-state index contributed by atoms with van der Waals surface area (Å²) in [5, 5.41) is 9.91. The van der Waals surface area contributed by atoms with Gasteiger partial charge in [0.25, 0.3) is 0 Å². The highest BCUT2D eigenvalue weighted by atomic mass is 19.2. The molecule has 0 amide bonds. The first kappa shape index (κ1) is 14.2. The predicted molar refractivity (Wildman–Crippen MR) is 57.8 cm³/mol. The van der Waals surface area contributed by atoms with Gasteiger partial charge in [-0.25, -0.2) is 22.0 Å². The van der Waals surface area contributed by atoms with E-state index in [1.807, 2.05) is 0 Å². The summed E-state index contributed by atoms with van der Waals surface area (Å²) in [6.45, 7) is 0. The Morgan fingerprint density at radius 2 is 1.16 bits per heavy atom. The van der Waals surface area contributed by atoms with Gasteiger partial charge >= 0.3 is 0 Å². The summed E-state index contributed by atoms with van der Waals surface area (Å²) >= 11 is 0. The lowest BCUT2D eigenvalue weighted by Crippen LogP contribution is -2.20. The Balaban J connectivity index is 2.43. The maximum Gasteiger partial charge on any atom is 0.200 e. The number of hydrogen-bond donors (Lipinski definition) is 1. The minimum Gasteiger partial charge on any atom is -0.388 e. The maximum atomic E-state index is 13.5. The minimum atomic E-state index is -2.20. The number of benzene rings is 1. The third-order valence-corrected chi connectivity index (χ3v) is 3.64. The Hall–Kier alpha value is -1.17. The first-order valence-corrected chi connectivity index (χ1v) is 6.14. The van der Waals surface area contributed by atoms with E-state index in [0.29, 0.717) is 12.8 Å². The Labute approximate surface area is 107 Å². The molecule has 0 saturated heterocycles. The molecule has 1 unspecified atom stereocenters. The molecule has 0 spiro atoms. The van der Waals surface area contributed by atoms with Crippen LogP contribution in [-0.4, -0.2) is 5.11 Å². The largest absolute Gasteiger partial charge is 0.388 e. The summed E-state index contributed by atoms with van der Waals surface area (Å²) in [5.41, 5.74) is -1.11. The first-order valence-electron chi connectivity index (χ1n) is 6.14. The molecule has 2 rings (SSSR count). The average molecular weight is 280 g/mol. The van der Waals surface area contributed by atoms with Crippen molar-refractivity contribution in [1.82, 2.24) is 0 Å². The lowest BCUT2D eigenvalue weighted by molar-refractivity contribution is 0.0760. The summed E-state index contributed by atoms with van der Waals surface area (Å²) in [6, 6.07) is 0. The second kappa shape index (κ2) is 5.45. The van der Waals surface area contributed by atoms with Crippen LogP contribution in [0.4, 0.5) is 22.0 Å². The van der Waals surface area contributed by atoms with Crippen molar-refractivity contribution in [2.75, 3.05) is 0 Å². The van der Waals surface area contributed by atoms with Crippen molar-refractivity contribution in [3.8, 4) is 0 Å². The van der Waals surface area contributed by atoms with Crippen LogP contribution in [-0.2, 0) is 0 Å². The van der Waals surface area contributed by atoms with E-state index in [2.05, 4.69) is 0 Å². The molecular formula is C13H13F5O. The molecule has 1 aliphatic carbocycles. The van der Waals surface area contributed by atoms with Crippen LogP contribution in [0.1, 0.15) is 43.8 Å². The van der Waals surface area contributed by atoms with Gasteiger partial charge in [0.2, 0.25) is 5.82 Å². The van der Waals surface area contributed by atoms with Crippen LogP contribution in [0.25, 0.3) is 0 Å². The SMILES string of the molecule is OC(c1c(F)c(F)c(F)c(F)c1F)C1CCCCC1. The summed E-state index contributed by atoms with van der Waals surface area (Å²) in [6.07, 6.45) is 1.86. The molecule has 1 fully saturated rings. The second-order valence-corrected chi connectivity index (χ2v) is 4.83. The number of aliphatic hydroxyl groups excluding tert-OH is 1. The van der Waals surface area contributed by atoms with Gasteiger partial charge < -0.3 is 5.11 Å². The highest BCUT2D eigenvalue weighted by Gasteiger charge is 2.33. The van der Waals surface area contributed by atoms with E-state index in [9.17, 15) is 27.1 Å². The van der Waals surface area contributed by atoms with Crippen LogP contribution >= 0.6 is 0 Å². The van der Waals surface area contributed by atoms with Gasteiger partial charge in [0.15, 0.2) is 23.3 Å². The summed E-state index contributed by atoms with van der Waals surface area (Å²) in [5.74, 6) is -10.6. The van der Waals surface area contributed by atoms with E-state index in [0.717, 1.165) is 19.3 Å². The quantitative estimate of drug-likeness (QED) is 0.493. The molecule has 0 aliphatic heterocycles. The van der Waals surface area contributed by atoms with Gasteiger partial charge in [0.05, 0.1) is 11.7 Å². The smallest absolute Gasteiger partial charge is 0.200 e. The fraction of sp³-hybridized carbons (Fsp3) is 0.538. The molecule has 0 aromatic heterocycles. The summed E-state index contributed by atoms with van der Waals surface area (Å²) in [7, 11) is 0.